The van der Waals surface area contributed by atoms with E-state index in [9.17, 15) is 4.79 Å². The number of pyridine rings is 1. The molecule has 1 aliphatic rings. The minimum absolute atomic E-state index is 0.106. The second kappa shape index (κ2) is 7.58. The van der Waals surface area contributed by atoms with Gasteiger partial charge in [-0.1, -0.05) is 17.7 Å². The lowest BCUT2D eigenvalue weighted by molar-refractivity contribution is 0.0858. The van der Waals surface area contributed by atoms with E-state index >= 15 is 0 Å². The van der Waals surface area contributed by atoms with Crippen molar-refractivity contribution in [2.75, 3.05) is 18.5 Å². The van der Waals surface area contributed by atoms with Crippen molar-refractivity contribution in [2.45, 2.75) is 18.9 Å². The lowest BCUT2D eigenvalue weighted by Gasteiger charge is -2.13. The van der Waals surface area contributed by atoms with Gasteiger partial charge in [0.15, 0.2) is 0 Å². The Morgan fingerprint density at radius 2 is 2.30 bits per heavy atom. The van der Waals surface area contributed by atoms with Crippen molar-refractivity contribution in [1.82, 2.24) is 14.9 Å². The summed E-state index contributed by atoms with van der Waals surface area (Å²) in [6, 6.07) is 9.40. The molecule has 1 aliphatic heterocycles. The molecule has 2 aromatic heterocycles. The van der Waals surface area contributed by atoms with Crippen molar-refractivity contribution in [3.63, 3.8) is 0 Å². The van der Waals surface area contributed by atoms with E-state index in [2.05, 4.69) is 15.6 Å². The van der Waals surface area contributed by atoms with Crippen LogP contribution in [-0.4, -0.2) is 34.7 Å². The number of anilines is 2. The Bertz CT molecular complexity index is 979. The fourth-order valence-electron chi connectivity index (χ4n) is 3.39. The second-order valence-corrected chi connectivity index (χ2v) is 7.13. The molecular formula is C20H21ClN4O2. The number of amides is 1. The third-order valence-corrected chi connectivity index (χ3v) is 4.99. The van der Waals surface area contributed by atoms with Crippen LogP contribution in [0.25, 0.3) is 10.9 Å². The normalized spacial score (nSPS) is 16.6. The highest BCUT2D eigenvalue weighted by Gasteiger charge is 2.20. The van der Waals surface area contributed by atoms with Gasteiger partial charge in [0.2, 0.25) is 0 Å². The van der Waals surface area contributed by atoms with Crippen molar-refractivity contribution >= 4 is 39.9 Å². The zero-order valence-corrected chi connectivity index (χ0v) is 15.8. The number of aryl methyl sites for hydroxylation is 1. The molecule has 0 saturated carbocycles. The fraction of sp³-hybridized carbons (Fsp3) is 0.300. The van der Waals surface area contributed by atoms with Crippen LogP contribution >= 0.6 is 11.6 Å². The summed E-state index contributed by atoms with van der Waals surface area (Å²) < 4.78 is 7.51. The Balaban J connectivity index is 1.61. The third kappa shape index (κ3) is 3.77. The summed E-state index contributed by atoms with van der Waals surface area (Å²) in [4.78, 5) is 17.2. The van der Waals surface area contributed by atoms with Crippen LogP contribution in [-0.2, 0) is 11.8 Å². The molecule has 0 bridgehead atoms. The zero-order chi connectivity index (χ0) is 18.8. The minimum Gasteiger partial charge on any atom is -0.376 e. The van der Waals surface area contributed by atoms with Gasteiger partial charge >= 0.3 is 0 Å². The molecule has 0 radical (unpaired) electrons. The molecule has 3 heterocycles. The number of rotatable bonds is 5. The Hall–Kier alpha value is -2.57. The first-order valence-electron chi connectivity index (χ1n) is 8.98. The summed E-state index contributed by atoms with van der Waals surface area (Å²) >= 11 is 6.06. The monoisotopic (exact) mass is 384 g/mol. The van der Waals surface area contributed by atoms with E-state index in [1.165, 1.54) is 0 Å². The van der Waals surface area contributed by atoms with Gasteiger partial charge in [0.05, 0.1) is 17.2 Å². The number of aromatic nitrogens is 2. The summed E-state index contributed by atoms with van der Waals surface area (Å²) in [5.41, 5.74) is 2.22. The predicted molar refractivity (Wildman–Crippen MR) is 107 cm³/mol. The number of ether oxygens (including phenoxy) is 1. The van der Waals surface area contributed by atoms with Gasteiger partial charge in [-0.05, 0) is 37.1 Å². The maximum absolute atomic E-state index is 12.7. The molecule has 1 fully saturated rings. The summed E-state index contributed by atoms with van der Waals surface area (Å²) in [5, 5.41) is 7.78. The number of nitrogens with one attached hydrogen (secondary N) is 2. The highest BCUT2D eigenvalue weighted by molar-refractivity contribution is 6.30. The molecule has 140 valence electrons. The van der Waals surface area contributed by atoms with Crippen LogP contribution in [0, 0.1) is 0 Å². The first-order valence-corrected chi connectivity index (χ1v) is 9.36. The topological polar surface area (TPSA) is 68.2 Å². The molecule has 1 atom stereocenters. The van der Waals surface area contributed by atoms with Gasteiger partial charge in [0, 0.05) is 48.7 Å². The molecule has 1 saturated heterocycles. The number of carbonyl (C=O) groups is 1. The Morgan fingerprint density at radius 3 is 3.07 bits per heavy atom. The van der Waals surface area contributed by atoms with Gasteiger partial charge in [-0.3, -0.25) is 4.79 Å². The molecule has 0 aliphatic carbocycles. The molecule has 3 aromatic rings. The number of halogens is 1. The number of hydrogen-bond donors (Lipinski definition) is 2. The van der Waals surface area contributed by atoms with Crippen LogP contribution in [0.2, 0.25) is 5.02 Å². The van der Waals surface area contributed by atoms with Crippen LogP contribution in [0.1, 0.15) is 23.2 Å². The van der Waals surface area contributed by atoms with Gasteiger partial charge in [0.25, 0.3) is 5.91 Å². The maximum Gasteiger partial charge on any atom is 0.255 e. The van der Waals surface area contributed by atoms with Crippen LogP contribution < -0.4 is 10.6 Å². The van der Waals surface area contributed by atoms with Gasteiger partial charge in [0.1, 0.15) is 5.82 Å². The van der Waals surface area contributed by atoms with E-state index in [1.54, 1.807) is 6.20 Å². The molecule has 7 heteroatoms. The van der Waals surface area contributed by atoms with Crippen molar-refractivity contribution in [1.29, 1.82) is 0 Å². The van der Waals surface area contributed by atoms with E-state index in [1.807, 2.05) is 48.1 Å². The largest absolute Gasteiger partial charge is 0.376 e. The highest BCUT2D eigenvalue weighted by atomic mass is 35.5. The maximum atomic E-state index is 12.7. The molecule has 4 rings (SSSR count). The minimum atomic E-state index is -0.140. The lowest BCUT2D eigenvalue weighted by Crippen LogP contribution is -2.32. The van der Waals surface area contributed by atoms with E-state index in [0.717, 1.165) is 36.0 Å². The number of carbonyl (C=O) groups excluding carboxylic acids is 1. The van der Waals surface area contributed by atoms with E-state index in [-0.39, 0.29) is 12.0 Å². The highest BCUT2D eigenvalue weighted by Crippen LogP contribution is 2.28. The number of benzene rings is 1. The molecule has 2 N–H and O–H groups in total. The average molecular weight is 385 g/mol. The van der Waals surface area contributed by atoms with Crippen molar-refractivity contribution in [2.24, 2.45) is 7.05 Å². The summed E-state index contributed by atoms with van der Waals surface area (Å²) in [6.45, 7) is 1.29. The Kier molecular flexibility index (Phi) is 5.01. The van der Waals surface area contributed by atoms with Crippen LogP contribution in [0.4, 0.5) is 11.5 Å². The standard InChI is InChI=1S/C20H21ClN4O2/c1-25-8-7-16-18(25)17(20(26)23-11-15-6-3-9-27-15)12-22-19(16)24-14-5-2-4-13(21)10-14/h2,4-5,7-8,10,12,15H,3,6,9,11H2,1H3,(H,22,24)(H,23,26)/t15-/m1/s1. The smallest absolute Gasteiger partial charge is 0.255 e. The molecule has 27 heavy (non-hydrogen) atoms. The Labute approximate surface area is 162 Å². The van der Waals surface area contributed by atoms with Gasteiger partial charge in [-0.15, -0.1) is 0 Å². The van der Waals surface area contributed by atoms with Crippen molar-refractivity contribution < 1.29 is 9.53 Å². The van der Waals surface area contributed by atoms with Crippen molar-refractivity contribution in [3.05, 3.63) is 53.3 Å². The quantitative estimate of drug-likeness (QED) is 0.700. The number of fused-ring (bicyclic) bond motifs is 1. The summed E-state index contributed by atoms with van der Waals surface area (Å²) in [5.74, 6) is 0.544. The molecule has 1 amide bonds. The lowest BCUT2D eigenvalue weighted by atomic mass is 10.1. The van der Waals surface area contributed by atoms with Gasteiger partial charge in [-0.25, -0.2) is 4.98 Å². The second-order valence-electron chi connectivity index (χ2n) is 6.69. The average Bonchev–Trinajstić information content (AvgIpc) is 3.31. The first-order chi connectivity index (χ1) is 13.1. The van der Waals surface area contributed by atoms with E-state index in [4.69, 9.17) is 16.3 Å². The van der Waals surface area contributed by atoms with Gasteiger partial charge in [-0.2, -0.15) is 0 Å². The van der Waals surface area contributed by atoms with E-state index in [0.29, 0.717) is 22.9 Å². The number of hydrogen-bond acceptors (Lipinski definition) is 4. The summed E-state index contributed by atoms with van der Waals surface area (Å²) in [7, 11) is 1.92. The van der Waals surface area contributed by atoms with E-state index < -0.39 is 0 Å². The molecule has 0 unspecified atom stereocenters. The predicted octanol–water partition coefficient (Wildman–Crippen LogP) is 3.88. The van der Waals surface area contributed by atoms with Crippen molar-refractivity contribution in [3.8, 4) is 0 Å². The van der Waals surface area contributed by atoms with Crippen LogP contribution in [0.5, 0.6) is 0 Å². The third-order valence-electron chi connectivity index (χ3n) is 4.75. The first kappa shape index (κ1) is 17.8. The molecule has 6 nitrogen and oxygen atoms in total. The van der Waals surface area contributed by atoms with Gasteiger partial charge < -0.3 is 19.9 Å². The summed E-state index contributed by atoms with van der Waals surface area (Å²) in [6.07, 6.45) is 5.68. The Morgan fingerprint density at radius 1 is 1.41 bits per heavy atom. The number of nitrogens with zero attached hydrogens (tertiary/aromatic N) is 2. The van der Waals surface area contributed by atoms with Crippen LogP contribution in [0.3, 0.4) is 0 Å². The van der Waals surface area contributed by atoms with Crippen LogP contribution in [0.15, 0.2) is 42.7 Å². The molecule has 1 aromatic carbocycles. The fourth-order valence-corrected chi connectivity index (χ4v) is 3.58. The zero-order valence-electron chi connectivity index (χ0n) is 15.0. The molecule has 0 spiro atoms. The molecular weight excluding hydrogens is 364 g/mol. The SMILES string of the molecule is Cn1ccc2c(Nc3cccc(Cl)c3)ncc(C(=O)NC[C@H]3CCCO3)c21.